The van der Waals surface area contributed by atoms with E-state index in [1.54, 1.807) is 12.2 Å². The van der Waals surface area contributed by atoms with E-state index in [4.69, 9.17) is 0 Å². The van der Waals surface area contributed by atoms with E-state index in [0.29, 0.717) is 5.70 Å². The molecule has 0 heterocycles. The second kappa shape index (κ2) is 7.26. The van der Waals surface area contributed by atoms with Crippen molar-refractivity contribution in [1.29, 1.82) is 0 Å². The molecule has 0 aromatic rings. The lowest BCUT2D eigenvalue weighted by Gasteiger charge is -2.44. The maximum absolute atomic E-state index is 12.9. The van der Waals surface area contributed by atoms with Crippen molar-refractivity contribution >= 4 is 11.7 Å². The monoisotopic (exact) mass is 307 g/mol. The van der Waals surface area contributed by atoms with Crippen LogP contribution in [0.2, 0.25) is 0 Å². The van der Waals surface area contributed by atoms with E-state index in [1.165, 1.54) is 13.0 Å². The summed E-state index contributed by atoms with van der Waals surface area (Å²) in [6.07, 6.45) is 5.70. The Kier molecular flexibility index (Phi) is 6.80. The highest BCUT2D eigenvalue weighted by atomic mass is 16.2. The second-order valence-electron chi connectivity index (χ2n) is 8.46. The van der Waals surface area contributed by atoms with Gasteiger partial charge in [0.15, 0.2) is 5.78 Å². The number of hydrogen-bond acceptors (Lipinski definition) is 2. The summed E-state index contributed by atoms with van der Waals surface area (Å²) in [6, 6.07) is 0. The van der Waals surface area contributed by atoms with Crippen molar-refractivity contribution in [3.63, 3.8) is 0 Å². The average Bonchev–Trinajstić information content (AvgIpc) is 2.30. The molecular weight excluding hydrogens is 274 g/mol. The normalized spacial score (nSPS) is 16.5. The number of allylic oxidation sites excluding steroid dienone is 3. The van der Waals surface area contributed by atoms with Gasteiger partial charge in [0.05, 0.1) is 5.41 Å². The SMILES string of the molecule is CC=C(/C=C\C(C)=O)NC(=O)C(C)(CC(C)(C)C)C(C)(C)C. The minimum absolute atomic E-state index is 0.00349. The molecule has 3 heteroatoms. The van der Waals surface area contributed by atoms with Gasteiger partial charge in [-0.1, -0.05) is 54.5 Å². The van der Waals surface area contributed by atoms with Crippen molar-refractivity contribution in [1.82, 2.24) is 5.32 Å². The highest BCUT2D eigenvalue weighted by Crippen LogP contribution is 2.46. The molecule has 0 spiro atoms. The molecule has 0 aromatic carbocycles. The van der Waals surface area contributed by atoms with E-state index >= 15 is 0 Å². The van der Waals surface area contributed by atoms with Crippen molar-refractivity contribution in [2.45, 2.75) is 68.7 Å². The van der Waals surface area contributed by atoms with Crippen molar-refractivity contribution in [3.8, 4) is 0 Å². The van der Waals surface area contributed by atoms with Gasteiger partial charge < -0.3 is 5.32 Å². The summed E-state index contributed by atoms with van der Waals surface area (Å²) >= 11 is 0. The van der Waals surface area contributed by atoms with Gasteiger partial charge in [0.2, 0.25) is 5.91 Å². The van der Waals surface area contributed by atoms with E-state index in [1.807, 2.05) is 13.8 Å². The molecule has 0 rings (SSSR count). The molecule has 0 aromatic heterocycles. The fraction of sp³-hybridized carbons (Fsp3) is 0.684. The van der Waals surface area contributed by atoms with E-state index in [0.717, 1.165) is 6.42 Å². The van der Waals surface area contributed by atoms with Crippen molar-refractivity contribution in [2.24, 2.45) is 16.2 Å². The molecule has 0 fully saturated rings. The molecule has 0 saturated carbocycles. The zero-order chi connectivity index (χ0) is 17.8. The predicted octanol–water partition coefficient (Wildman–Crippen LogP) is 4.64. The molecule has 1 N–H and O–H groups in total. The van der Waals surface area contributed by atoms with Crippen LogP contribution < -0.4 is 5.32 Å². The summed E-state index contributed by atoms with van der Waals surface area (Å²) in [4.78, 5) is 24.0. The van der Waals surface area contributed by atoms with Crippen LogP contribution in [0.25, 0.3) is 0 Å². The minimum Gasteiger partial charge on any atom is -0.326 e. The smallest absolute Gasteiger partial charge is 0.230 e. The molecule has 0 bridgehead atoms. The molecule has 1 atom stereocenters. The summed E-state index contributed by atoms with van der Waals surface area (Å²) in [5.41, 5.74) is 0.0199. The van der Waals surface area contributed by atoms with Crippen LogP contribution in [0.1, 0.15) is 68.7 Å². The summed E-state index contributed by atoms with van der Waals surface area (Å²) in [6.45, 7) is 18.1. The Morgan fingerprint density at radius 2 is 1.45 bits per heavy atom. The van der Waals surface area contributed by atoms with Gasteiger partial charge in [-0.3, -0.25) is 9.59 Å². The summed E-state index contributed by atoms with van der Waals surface area (Å²) in [7, 11) is 0. The number of amides is 1. The van der Waals surface area contributed by atoms with Crippen LogP contribution in [0, 0.1) is 16.2 Å². The van der Waals surface area contributed by atoms with E-state index < -0.39 is 5.41 Å². The lowest BCUT2D eigenvalue weighted by atomic mass is 9.61. The molecule has 0 saturated heterocycles. The highest BCUT2D eigenvalue weighted by molar-refractivity contribution is 5.89. The van der Waals surface area contributed by atoms with E-state index in [-0.39, 0.29) is 22.5 Å². The Morgan fingerprint density at radius 1 is 0.955 bits per heavy atom. The number of nitrogens with one attached hydrogen (secondary N) is 1. The minimum atomic E-state index is -0.510. The van der Waals surface area contributed by atoms with Gasteiger partial charge in [0.25, 0.3) is 0 Å². The van der Waals surface area contributed by atoms with Crippen molar-refractivity contribution < 1.29 is 9.59 Å². The van der Waals surface area contributed by atoms with Crippen LogP contribution in [0.5, 0.6) is 0 Å². The largest absolute Gasteiger partial charge is 0.326 e. The lowest BCUT2D eigenvalue weighted by molar-refractivity contribution is -0.138. The third-order valence-corrected chi connectivity index (χ3v) is 4.11. The number of ketones is 1. The maximum Gasteiger partial charge on any atom is 0.230 e. The first-order valence-electron chi connectivity index (χ1n) is 7.89. The molecule has 0 aliphatic heterocycles. The molecule has 0 aliphatic carbocycles. The first kappa shape index (κ1) is 20.6. The van der Waals surface area contributed by atoms with Crippen LogP contribution in [0.3, 0.4) is 0 Å². The fourth-order valence-corrected chi connectivity index (χ4v) is 2.43. The highest BCUT2D eigenvalue weighted by Gasteiger charge is 2.46. The molecule has 0 radical (unpaired) electrons. The lowest BCUT2D eigenvalue weighted by Crippen LogP contribution is -2.48. The van der Waals surface area contributed by atoms with Crippen molar-refractivity contribution in [2.75, 3.05) is 0 Å². The molecule has 3 nitrogen and oxygen atoms in total. The summed E-state index contributed by atoms with van der Waals surface area (Å²) in [5, 5.41) is 2.97. The Labute approximate surface area is 136 Å². The standard InChI is InChI=1S/C19H33NO2/c1-10-15(12-11-14(2)21)20-16(22)19(9,18(6,7)8)13-17(3,4)5/h10-12H,13H2,1-9H3,(H,20,22)/b12-11-,15-10?. The number of carbonyl (C=O) groups excluding carboxylic acids is 2. The van der Waals surface area contributed by atoms with Gasteiger partial charge >= 0.3 is 0 Å². The molecule has 1 amide bonds. The van der Waals surface area contributed by atoms with Crippen LogP contribution in [-0.2, 0) is 9.59 Å². The first-order valence-corrected chi connectivity index (χ1v) is 7.89. The Hall–Kier alpha value is -1.38. The zero-order valence-corrected chi connectivity index (χ0v) is 15.8. The topological polar surface area (TPSA) is 46.2 Å². The Balaban J connectivity index is 5.44. The van der Waals surface area contributed by atoms with Gasteiger partial charge in [0, 0.05) is 5.70 Å². The molecule has 1 unspecified atom stereocenters. The van der Waals surface area contributed by atoms with E-state index in [9.17, 15) is 9.59 Å². The van der Waals surface area contributed by atoms with Crippen LogP contribution in [0.4, 0.5) is 0 Å². The average molecular weight is 307 g/mol. The zero-order valence-electron chi connectivity index (χ0n) is 15.8. The van der Waals surface area contributed by atoms with Gasteiger partial charge in [0.1, 0.15) is 0 Å². The van der Waals surface area contributed by atoms with Gasteiger partial charge in [-0.2, -0.15) is 0 Å². The van der Waals surface area contributed by atoms with Crippen LogP contribution in [-0.4, -0.2) is 11.7 Å². The Morgan fingerprint density at radius 3 is 1.77 bits per heavy atom. The predicted molar refractivity (Wildman–Crippen MR) is 93.4 cm³/mol. The molecule has 126 valence electrons. The summed E-state index contributed by atoms with van der Waals surface area (Å²) in [5.74, 6) is -0.0434. The van der Waals surface area contributed by atoms with Gasteiger partial charge in [-0.05, 0) is 43.3 Å². The second-order valence-corrected chi connectivity index (χ2v) is 8.46. The third-order valence-electron chi connectivity index (χ3n) is 4.11. The van der Waals surface area contributed by atoms with Crippen molar-refractivity contribution in [3.05, 3.63) is 23.9 Å². The maximum atomic E-state index is 12.9. The summed E-state index contributed by atoms with van der Waals surface area (Å²) < 4.78 is 0. The molecular formula is C19H33NO2. The quantitative estimate of drug-likeness (QED) is 0.594. The number of rotatable bonds is 5. The molecule has 0 aliphatic rings. The Bertz CT molecular complexity index is 473. The fourth-order valence-electron chi connectivity index (χ4n) is 2.43. The third kappa shape index (κ3) is 6.17. The number of hydrogen-bond donors (Lipinski definition) is 1. The van der Waals surface area contributed by atoms with Gasteiger partial charge in [-0.25, -0.2) is 0 Å². The van der Waals surface area contributed by atoms with Crippen LogP contribution in [0.15, 0.2) is 23.9 Å². The number of carbonyl (C=O) groups is 2. The first-order chi connectivity index (χ1) is 9.73. The van der Waals surface area contributed by atoms with Gasteiger partial charge in [-0.15, -0.1) is 0 Å². The molecule has 22 heavy (non-hydrogen) atoms. The van der Waals surface area contributed by atoms with Crippen LogP contribution >= 0.6 is 0 Å². The van der Waals surface area contributed by atoms with E-state index in [2.05, 4.69) is 46.9 Å².